The number of aromatic nitrogens is 1. The van der Waals surface area contributed by atoms with Crippen LogP contribution in [-0.4, -0.2) is 11.7 Å². The van der Waals surface area contributed by atoms with E-state index < -0.39 is 0 Å². The van der Waals surface area contributed by atoms with Crippen molar-refractivity contribution in [2.24, 2.45) is 12.8 Å². The highest BCUT2D eigenvalue weighted by Crippen LogP contribution is 2.31. The van der Waals surface area contributed by atoms with E-state index in [1.807, 2.05) is 14.0 Å². The average molecular weight is 204 g/mol. The number of nitrogens with zero attached hydrogens (tertiary/aromatic N) is 1. The predicted octanol–water partition coefficient (Wildman–Crippen LogP) is 1.95. The second-order valence-corrected chi connectivity index (χ2v) is 3.75. The molecule has 0 saturated carbocycles. The lowest BCUT2D eigenvalue weighted by atomic mass is 10.1. The molecule has 0 saturated heterocycles. The van der Waals surface area contributed by atoms with Crippen LogP contribution in [0.15, 0.2) is 18.2 Å². The van der Waals surface area contributed by atoms with Gasteiger partial charge in [0.25, 0.3) is 0 Å². The van der Waals surface area contributed by atoms with E-state index in [9.17, 15) is 0 Å². The van der Waals surface area contributed by atoms with Gasteiger partial charge in [0.05, 0.1) is 12.6 Å². The van der Waals surface area contributed by atoms with Crippen LogP contribution in [0.3, 0.4) is 0 Å². The molecule has 0 unspecified atom stereocenters. The quantitative estimate of drug-likeness (QED) is 0.812. The molecular formula is C12H16N2O. The molecule has 0 amide bonds. The van der Waals surface area contributed by atoms with E-state index in [1.165, 1.54) is 0 Å². The highest BCUT2D eigenvalue weighted by molar-refractivity contribution is 5.88. The summed E-state index contributed by atoms with van der Waals surface area (Å²) >= 11 is 0. The van der Waals surface area contributed by atoms with E-state index in [0.29, 0.717) is 6.54 Å². The molecule has 1 aromatic carbocycles. The highest BCUT2D eigenvalue weighted by Gasteiger charge is 2.10. The SMILES string of the molecule is COc1c(C)ccc2c1cc(CN)n2C. The molecule has 0 aliphatic rings. The van der Waals surface area contributed by atoms with Gasteiger partial charge in [-0.25, -0.2) is 0 Å². The molecule has 0 spiro atoms. The summed E-state index contributed by atoms with van der Waals surface area (Å²) in [6.45, 7) is 2.60. The molecule has 0 bridgehead atoms. The maximum atomic E-state index is 5.68. The molecule has 0 atom stereocenters. The van der Waals surface area contributed by atoms with E-state index in [0.717, 1.165) is 27.9 Å². The number of hydrogen-bond acceptors (Lipinski definition) is 2. The summed E-state index contributed by atoms with van der Waals surface area (Å²) in [5, 5.41) is 1.14. The molecule has 80 valence electrons. The summed E-state index contributed by atoms with van der Waals surface area (Å²) in [7, 11) is 3.73. The van der Waals surface area contributed by atoms with Crippen LogP contribution in [0.25, 0.3) is 10.9 Å². The lowest BCUT2D eigenvalue weighted by Crippen LogP contribution is -2.02. The van der Waals surface area contributed by atoms with Gasteiger partial charge in [0, 0.05) is 24.7 Å². The Kier molecular flexibility index (Phi) is 2.40. The Morgan fingerprint density at radius 2 is 2.13 bits per heavy atom. The number of aryl methyl sites for hydroxylation is 2. The number of rotatable bonds is 2. The van der Waals surface area contributed by atoms with E-state index in [4.69, 9.17) is 10.5 Å². The molecule has 3 heteroatoms. The zero-order valence-corrected chi connectivity index (χ0v) is 9.37. The topological polar surface area (TPSA) is 40.2 Å². The normalized spacial score (nSPS) is 10.9. The van der Waals surface area contributed by atoms with Crippen molar-refractivity contribution in [1.29, 1.82) is 0 Å². The zero-order chi connectivity index (χ0) is 11.0. The summed E-state index contributed by atoms with van der Waals surface area (Å²) in [4.78, 5) is 0. The van der Waals surface area contributed by atoms with Crippen molar-refractivity contribution in [2.75, 3.05) is 7.11 Å². The van der Waals surface area contributed by atoms with Crippen molar-refractivity contribution in [3.63, 3.8) is 0 Å². The first-order chi connectivity index (χ1) is 7.19. The lowest BCUT2D eigenvalue weighted by Gasteiger charge is -2.06. The Bertz CT molecular complexity index is 500. The number of nitrogens with two attached hydrogens (primary N) is 1. The maximum Gasteiger partial charge on any atom is 0.131 e. The molecule has 2 N–H and O–H groups in total. The van der Waals surface area contributed by atoms with E-state index in [1.54, 1.807) is 7.11 Å². The standard InChI is InChI=1S/C12H16N2O/c1-8-4-5-11-10(12(8)15-3)6-9(7-13)14(11)2/h4-6H,7,13H2,1-3H3. The molecule has 0 aliphatic heterocycles. The Hall–Kier alpha value is -1.48. The largest absolute Gasteiger partial charge is 0.496 e. The van der Waals surface area contributed by atoms with Gasteiger partial charge in [-0.1, -0.05) is 6.07 Å². The molecular weight excluding hydrogens is 188 g/mol. The highest BCUT2D eigenvalue weighted by atomic mass is 16.5. The number of hydrogen-bond donors (Lipinski definition) is 1. The predicted molar refractivity (Wildman–Crippen MR) is 62.1 cm³/mol. The van der Waals surface area contributed by atoms with Crippen molar-refractivity contribution in [3.05, 3.63) is 29.5 Å². The van der Waals surface area contributed by atoms with E-state index in [-0.39, 0.29) is 0 Å². The zero-order valence-electron chi connectivity index (χ0n) is 9.37. The molecule has 2 aromatic rings. The molecule has 1 heterocycles. The molecule has 15 heavy (non-hydrogen) atoms. The van der Waals surface area contributed by atoms with Crippen LogP contribution in [0.1, 0.15) is 11.3 Å². The Balaban J connectivity index is 2.82. The fraction of sp³-hybridized carbons (Fsp3) is 0.333. The number of benzene rings is 1. The first-order valence-corrected chi connectivity index (χ1v) is 5.01. The number of methoxy groups -OCH3 is 1. The Morgan fingerprint density at radius 1 is 1.40 bits per heavy atom. The molecule has 3 nitrogen and oxygen atoms in total. The van der Waals surface area contributed by atoms with Crippen LogP contribution < -0.4 is 10.5 Å². The fourth-order valence-corrected chi connectivity index (χ4v) is 2.02. The van der Waals surface area contributed by atoms with Crippen molar-refractivity contribution >= 4 is 10.9 Å². The number of ether oxygens (including phenoxy) is 1. The minimum Gasteiger partial charge on any atom is -0.496 e. The monoisotopic (exact) mass is 204 g/mol. The van der Waals surface area contributed by atoms with Crippen molar-refractivity contribution < 1.29 is 4.74 Å². The number of fused-ring (bicyclic) bond motifs is 1. The smallest absolute Gasteiger partial charge is 0.131 e. The molecule has 0 radical (unpaired) electrons. The van der Waals surface area contributed by atoms with Gasteiger partial charge in [-0.15, -0.1) is 0 Å². The van der Waals surface area contributed by atoms with Gasteiger partial charge in [-0.3, -0.25) is 0 Å². The minimum absolute atomic E-state index is 0.549. The van der Waals surface area contributed by atoms with Crippen LogP contribution in [0, 0.1) is 6.92 Å². The van der Waals surface area contributed by atoms with Gasteiger partial charge in [-0.05, 0) is 24.6 Å². The van der Waals surface area contributed by atoms with Crippen molar-refractivity contribution in [2.45, 2.75) is 13.5 Å². The van der Waals surface area contributed by atoms with Crippen LogP contribution in [-0.2, 0) is 13.6 Å². The van der Waals surface area contributed by atoms with E-state index >= 15 is 0 Å². The Morgan fingerprint density at radius 3 is 2.73 bits per heavy atom. The Labute approximate surface area is 89.4 Å². The van der Waals surface area contributed by atoms with Crippen molar-refractivity contribution in [1.82, 2.24) is 4.57 Å². The summed E-state index contributed by atoms with van der Waals surface area (Å²) < 4.78 is 7.53. The summed E-state index contributed by atoms with van der Waals surface area (Å²) in [6.07, 6.45) is 0. The summed E-state index contributed by atoms with van der Waals surface area (Å²) in [5.74, 6) is 0.947. The van der Waals surface area contributed by atoms with Gasteiger partial charge in [0.2, 0.25) is 0 Å². The molecule has 0 fully saturated rings. The first-order valence-electron chi connectivity index (χ1n) is 5.01. The lowest BCUT2D eigenvalue weighted by molar-refractivity contribution is 0.417. The fourth-order valence-electron chi connectivity index (χ4n) is 2.02. The van der Waals surface area contributed by atoms with Crippen molar-refractivity contribution in [3.8, 4) is 5.75 Å². The third-order valence-corrected chi connectivity index (χ3v) is 2.89. The third kappa shape index (κ3) is 1.39. The first kappa shape index (κ1) is 10.1. The van der Waals surface area contributed by atoms with Gasteiger partial charge in [0.15, 0.2) is 0 Å². The second kappa shape index (κ2) is 3.59. The van der Waals surface area contributed by atoms with Gasteiger partial charge < -0.3 is 15.0 Å². The maximum absolute atomic E-state index is 5.68. The summed E-state index contributed by atoms with van der Waals surface area (Å²) in [5.41, 5.74) is 9.12. The van der Waals surface area contributed by atoms with Crippen LogP contribution in [0.4, 0.5) is 0 Å². The summed E-state index contributed by atoms with van der Waals surface area (Å²) in [6, 6.07) is 6.27. The van der Waals surface area contributed by atoms with Crippen LogP contribution in [0.5, 0.6) is 5.75 Å². The van der Waals surface area contributed by atoms with Crippen LogP contribution in [0.2, 0.25) is 0 Å². The minimum atomic E-state index is 0.549. The van der Waals surface area contributed by atoms with Gasteiger partial charge >= 0.3 is 0 Å². The van der Waals surface area contributed by atoms with E-state index in [2.05, 4.69) is 22.8 Å². The van der Waals surface area contributed by atoms with Gasteiger partial charge in [0.1, 0.15) is 5.75 Å². The average Bonchev–Trinajstić information content (AvgIpc) is 2.55. The third-order valence-electron chi connectivity index (χ3n) is 2.89. The molecule has 2 rings (SSSR count). The van der Waals surface area contributed by atoms with Crippen LogP contribution >= 0.6 is 0 Å². The van der Waals surface area contributed by atoms with Gasteiger partial charge in [-0.2, -0.15) is 0 Å². The molecule has 0 aliphatic carbocycles. The second-order valence-electron chi connectivity index (χ2n) is 3.75. The molecule has 1 aromatic heterocycles.